The number of fused-ring (bicyclic) bond motifs is 7. The number of aromatic hydroxyl groups is 1. The summed E-state index contributed by atoms with van der Waals surface area (Å²) in [7, 11) is 3.75. The predicted molar refractivity (Wildman–Crippen MR) is 300 cm³/mol. The fourth-order valence-corrected chi connectivity index (χ4v) is 10.8. The van der Waals surface area contributed by atoms with Gasteiger partial charge in [0.1, 0.15) is 23.9 Å². The fraction of sp³-hybridized carbons (Fsp3) is 0.491. The molecule has 4 amide bonds. The van der Waals surface area contributed by atoms with E-state index in [1.54, 1.807) is 24.1 Å². The van der Waals surface area contributed by atoms with Crippen LogP contribution in [0.2, 0.25) is 0 Å². The molecular formula is C53H75N7O7S4. The Morgan fingerprint density at radius 1 is 0.958 bits per heavy atom. The van der Waals surface area contributed by atoms with Crippen molar-refractivity contribution in [1.29, 1.82) is 0 Å². The molecule has 0 aliphatic carbocycles. The van der Waals surface area contributed by atoms with E-state index in [2.05, 4.69) is 91.0 Å². The first-order valence-electron chi connectivity index (χ1n) is 24.0. The highest BCUT2D eigenvalue weighted by molar-refractivity contribution is 7.59. The Bertz CT molecular complexity index is 2620. The molecule has 0 spiro atoms. The molecule has 388 valence electrons. The molecule has 4 aromatic rings. The van der Waals surface area contributed by atoms with Gasteiger partial charge in [-0.05, 0) is 127 Å². The molecule has 0 unspecified atom stereocenters. The van der Waals surface area contributed by atoms with Gasteiger partial charge >= 0.3 is 5.97 Å². The van der Waals surface area contributed by atoms with Crippen LogP contribution in [0.1, 0.15) is 76.1 Å². The van der Waals surface area contributed by atoms with Gasteiger partial charge in [0.25, 0.3) is 5.91 Å². The zero-order valence-electron chi connectivity index (χ0n) is 42.2. The molecule has 4 aliphatic rings. The molecule has 3 aromatic carbocycles. The van der Waals surface area contributed by atoms with Crippen molar-refractivity contribution in [2.45, 2.75) is 104 Å². The van der Waals surface area contributed by atoms with Crippen LogP contribution in [-0.4, -0.2) is 124 Å². The number of hydrazine groups is 1. The highest BCUT2D eigenvalue weighted by atomic mass is 32.1. The summed E-state index contributed by atoms with van der Waals surface area (Å²) >= 11 is 0. The van der Waals surface area contributed by atoms with E-state index in [9.17, 15) is 29.1 Å². The van der Waals surface area contributed by atoms with Crippen molar-refractivity contribution < 1.29 is 33.8 Å². The summed E-state index contributed by atoms with van der Waals surface area (Å²) in [5.41, 5.74) is 12.1. The first-order valence-corrected chi connectivity index (χ1v) is 24.0. The number of rotatable bonds is 8. The van der Waals surface area contributed by atoms with Gasteiger partial charge in [-0.1, -0.05) is 58.5 Å². The number of likely N-dealkylation sites (tertiary alicyclic amines) is 1. The van der Waals surface area contributed by atoms with Gasteiger partial charge in [0.15, 0.2) is 0 Å². The Labute approximate surface area is 447 Å². The average Bonchev–Trinajstić information content (AvgIpc) is 3.92. The van der Waals surface area contributed by atoms with Crippen molar-refractivity contribution in [1.82, 2.24) is 35.0 Å². The van der Waals surface area contributed by atoms with Crippen LogP contribution >= 0.6 is 54.0 Å². The lowest BCUT2D eigenvalue weighted by Crippen LogP contribution is -2.62. The van der Waals surface area contributed by atoms with Gasteiger partial charge in [0.05, 0.1) is 18.2 Å². The zero-order valence-corrected chi connectivity index (χ0v) is 46.2. The topological polar surface area (TPSA) is 157 Å². The minimum atomic E-state index is -1.15. The molecule has 14 nitrogen and oxygen atoms in total. The van der Waals surface area contributed by atoms with E-state index in [4.69, 9.17) is 4.74 Å². The van der Waals surface area contributed by atoms with Gasteiger partial charge in [-0.25, -0.2) is 5.43 Å². The van der Waals surface area contributed by atoms with Crippen LogP contribution in [0.4, 0.5) is 0 Å². The van der Waals surface area contributed by atoms with Gasteiger partial charge in [-0.15, -0.1) is 0 Å². The molecule has 3 N–H and O–H groups in total. The van der Waals surface area contributed by atoms with E-state index in [-0.39, 0.29) is 97.0 Å². The smallest absolute Gasteiger partial charge is 0.324 e. The van der Waals surface area contributed by atoms with Crippen molar-refractivity contribution in [3.63, 3.8) is 0 Å². The number of phenolic OH excluding ortho intramolecular Hbond substituents is 1. The molecule has 0 saturated carbocycles. The standard InChI is InChI=1S/C53H67N7O7.4H2S/c1-9-46(62)58-21-18-38(30-58)50(64)57(8)47(32(3)4)49(63)54-44-24-33-22-39(26-40(61)23-33)34-15-16-45-41(27-34)42(28-53(5,6)31-67-52(66)43-12-11-19-60(55-43)51(44)65)48(59(45)10-2)36-13-14-37-29-56(7)20-17-35(37)25-36;;;;/h9,13-16,22-23,25-27,32,38,43-44,47,55,61H,1,10-12,17-21,24,28-31H2,2-8H3,(H,54,63);4*1H2/t38-,43-,44-,47-;;;;/m0..../s1. The molecule has 1 aromatic heterocycles. The second-order valence-electron chi connectivity index (χ2n) is 20.3. The maximum absolute atomic E-state index is 14.7. The molecule has 18 heteroatoms. The first-order chi connectivity index (χ1) is 31.9. The number of likely N-dealkylation sites (N-methyl/N-ethyl adjacent to an activating group) is 2. The molecular weight excluding hydrogens is 975 g/mol. The number of benzene rings is 3. The molecule has 0 radical (unpaired) electrons. The van der Waals surface area contributed by atoms with Crippen LogP contribution in [0.3, 0.4) is 0 Å². The van der Waals surface area contributed by atoms with Gasteiger partial charge in [0, 0.05) is 69.1 Å². The van der Waals surface area contributed by atoms with Crippen molar-refractivity contribution in [2.24, 2.45) is 17.3 Å². The predicted octanol–water partition coefficient (Wildman–Crippen LogP) is 6.31. The lowest BCUT2D eigenvalue weighted by atomic mass is 9.84. The third kappa shape index (κ3) is 12.6. The minimum Gasteiger partial charge on any atom is -0.508 e. The number of amides is 4. The van der Waals surface area contributed by atoms with Gasteiger partial charge in [-0.2, -0.15) is 54.0 Å². The van der Waals surface area contributed by atoms with Crippen LogP contribution in [0, 0.1) is 17.3 Å². The number of aromatic nitrogens is 1. The van der Waals surface area contributed by atoms with Crippen LogP contribution in [0.5, 0.6) is 5.75 Å². The van der Waals surface area contributed by atoms with Gasteiger partial charge in [0.2, 0.25) is 17.7 Å². The molecule has 6 bridgehead atoms. The maximum atomic E-state index is 14.7. The SMILES string of the molecule is C=CC(=O)N1CC[C@H](C(=O)N(C)[C@H](C(=O)N[C@H]2Cc3cc(O)cc(c3)-c3ccc4c(c3)c(c(-c3ccc5c(c3)CCN(C)C5)n4CC)CC(C)(C)COC(=O)[C@@H]3CCCN(N3)C2=O)C(C)C)C1.S.S.S.S. The third-order valence-corrected chi connectivity index (χ3v) is 14.2. The van der Waals surface area contributed by atoms with Crippen molar-refractivity contribution in [3.8, 4) is 28.1 Å². The van der Waals surface area contributed by atoms with E-state index >= 15 is 0 Å². The normalized spacial score (nSPS) is 20.4. The molecule has 2 saturated heterocycles. The Hall–Kier alpha value is -4.59. The number of aryl methyl sites for hydroxylation is 1. The Balaban J connectivity index is 0.00000274. The highest BCUT2D eigenvalue weighted by Gasteiger charge is 2.40. The molecule has 8 rings (SSSR count). The van der Waals surface area contributed by atoms with E-state index in [1.807, 2.05) is 19.9 Å². The van der Waals surface area contributed by atoms with Crippen LogP contribution < -0.4 is 10.7 Å². The number of nitrogens with zero attached hydrogens (tertiary/aromatic N) is 5. The number of hydrogen-bond donors (Lipinski definition) is 3. The quantitative estimate of drug-likeness (QED) is 0.136. The number of ether oxygens (including phenoxy) is 1. The summed E-state index contributed by atoms with van der Waals surface area (Å²) in [6.07, 6.45) is 4.28. The number of cyclic esters (lactones) is 1. The number of nitrogens with one attached hydrogen (secondary N) is 2. The summed E-state index contributed by atoms with van der Waals surface area (Å²) < 4.78 is 8.52. The van der Waals surface area contributed by atoms with Crippen LogP contribution in [0.25, 0.3) is 33.3 Å². The minimum absolute atomic E-state index is 0. The Morgan fingerprint density at radius 2 is 1.69 bits per heavy atom. The van der Waals surface area contributed by atoms with Gasteiger partial charge in [-0.3, -0.25) is 29.0 Å². The van der Waals surface area contributed by atoms with Crippen LogP contribution in [-0.2, 0) is 61.1 Å². The van der Waals surface area contributed by atoms with Crippen molar-refractivity contribution >= 4 is 94.5 Å². The Kier molecular flexibility index (Phi) is 20.3. The van der Waals surface area contributed by atoms with E-state index in [1.165, 1.54) is 27.1 Å². The summed E-state index contributed by atoms with van der Waals surface area (Å²) in [4.78, 5) is 74.8. The number of phenols is 1. The second kappa shape index (κ2) is 24.4. The van der Waals surface area contributed by atoms with Crippen LogP contribution in [0.15, 0.2) is 67.3 Å². The fourth-order valence-electron chi connectivity index (χ4n) is 10.8. The first kappa shape index (κ1) is 59.0. The summed E-state index contributed by atoms with van der Waals surface area (Å²) in [5, 5.41) is 16.8. The largest absolute Gasteiger partial charge is 0.508 e. The number of carbonyl (C=O) groups is 5. The third-order valence-electron chi connectivity index (χ3n) is 14.2. The second-order valence-corrected chi connectivity index (χ2v) is 20.3. The van der Waals surface area contributed by atoms with Crippen molar-refractivity contribution in [2.75, 3.05) is 46.9 Å². The molecule has 4 atom stereocenters. The molecule has 2 fully saturated rings. The van der Waals surface area contributed by atoms with Gasteiger partial charge < -0.3 is 34.4 Å². The van der Waals surface area contributed by atoms with E-state index in [0.717, 1.165) is 64.9 Å². The Morgan fingerprint density at radius 3 is 2.39 bits per heavy atom. The van der Waals surface area contributed by atoms with E-state index in [0.29, 0.717) is 44.3 Å². The average molecular weight is 1050 g/mol. The maximum Gasteiger partial charge on any atom is 0.324 e. The zero-order chi connectivity index (χ0) is 47.9. The highest BCUT2D eigenvalue weighted by Crippen LogP contribution is 2.41. The van der Waals surface area contributed by atoms with Crippen molar-refractivity contribution in [3.05, 3.63) is 89.5 Å². The monoisotopic (exact) mass is 1050 g/mol. The lowest BCUT2D eigenvalue weighted by molar-refractivity contribution is -0.155. The molecule has 71 heavy (non-hydrogen) atoms. The lowest BCUT2D eigenvalue weighted by Gasteiger charge is -2.37. The summed E-state index contributed by atoms with van der Waals surface area (Å²) in [6.45, 7) is 17.4. The summed E-state index contributed by atoms with van der Waals surface area (Å²) in [6, 6.07) is 15.6. The molecule has 5 heterocycles. The van der Waals surface area contributed by atoms with E-state index < -0.39 is 47.2 Å². The number of esters is 1. The number of carbonyl (C=O) groups excluding carboxylic acids is 5. The molecule has 4 aliphatic heterocycles. The summed E-state index contributed by atoms with van der Waals surface area (Å²) in [5.74, 6) is -2.75. The number of hydrogen-bond acceptors (Lipinski definition) is 9.